The summed E-state index contributed by atoms with van der Waals surface area (Å²) in [7, 11) is 0. The molecular formula is C14H17NO. The minimum atomic E-state index is 0.0867. The number of carbonyl (C=O) groups is 1. The molecule has 84 valence electrons. The molecule has 2 rings (SSSR count). The van der Waals surface area contributed by atoms with Crippen molar-refractivity contribution in [3.63, 3.8) is 0 Å². The summed E-state index contributed by atoms with van der Waals surface area (Å²) >= 11 is 0. The molecule has 16 heavy (non-hydrogen) atoms. The zero-order valence-electron chi connectivity index (χ0n) is 9.65. The third-order valence-corrected chi connectivity index (χ3v) is 2.87. The first-order valence-electron chi connectivity index (χ1n) is 5.79. The maximum atomic E-state index is 10.8. The van der Waals surface area contributed by atoms with Crippen LogP contribution >= 0.6 is 0 Å². The lowest BCUT2D eigenvalue weighted by Crippen LogP contribution is -2.17. The van der Waals surface area contributed by atoms with Crippen molar-refractivity contribution in [2.45, 2.75) is 19.8 Å². The summed E-state index contributed by atoms with van der Waals surface area (Å²) in [6.45, 7) is 3.90. The molecule has 1 fully saturated rings. The smallest absolute Gasteiger partial charge is 0.152 e. The highest BCUT2D eigenvalue weighted by atomic mass is 16.1. The maximum Gasteiger partial charge on any atom is 0.152 e. The summed E-state index contributed by atoms with van der Waals surface area (Å²) in [5.74, 6) is 0.0867. The standard InChI is InChI=1S/C14H17NO/c1-12(16)4-5-13-6-8-14(9-7-13)15-10-2-3-11-15/h4-9H,2-3,10-11H2,1H3. The van der Waals surface area contributed by atoms with Crippen molar-refractivity contribution in [1.29, 1.82) is 0 Å². The number of rotatable bonds is 3. The molecule has 0 N–H and O–H groups in total. The van der Waals surface area contributed by atoms with E-state index in [0.29, 0.717) is 0 Å². The second-order valence-corrected chi connectivity index (χ2v) is 4.23. The molecule has 1 heterocycles. The molecule has 2 heteroatoms. The van der Waals surface area contributed by atoms with Crippen LogP contribution in [-0.4, -0.2) is 18.9 Å². The van der Waals surface area contributed by atoms with Crippen LogP contribution < -0.4 is 4.90 Å². The highest BCUT2D eigenvalue weighted by Crippen LogP contribution is 2.20. The van der Waals surface area contributed by atoms with Gasteiger partial charge >= 0.3 is 0 Å². The van der Waals surface area contributed by atoms with Gasteiger partial charge in [-0.1, -0.05) is 18.2 Å². The van der Waals surface area contributed by atoms with E-state index in [1.165, 1.54) is 31.6 Å². The number of allylic oxidation sites excluding steroid dienone is 1. The van der Waals surface area contributed by atoms with Crippen LogP contribution in [0.25, 0.3) is 6.08 Å². The van der Waals surface area contributed by atoms with Crippen molar-refractivity contribution < 1.29 is 4.79 Å². The van der Waals surface area contributed by atoms with Crippen LogP contribution in [0.15, 0.2) is 30.3 Å². The monoisotopic (exact) mass is 215 g/mol. The van der Waals surface area contributed by atoms with Crippen LogP contribution in [0, 0.1) is 0 Å². The van der Waals surface area contributed by atoms with E-state index in [0.717, 1.165) is 5.56 Å². The number of carbonyl (C=O) groups excluding carboxylic acids is 1. The molecule has 1 aliphatic rings. The second-order valence-electron chi connectivity index (χ2n) is 4.23. The second kappa shape index (κ2) is 4.97. The van der Waals surface area contributed by atoms with E-state index in [9.17, 15) is 4.79 Å². The first-order valence-corrected chi connectivity index (χ1v) is 5.79. The molecule has 0 spiro atoms. The molecule has 0 bridgehead atoms. The Kier molecular flexibility index (Phi) is 3.40. The molecule has 0 amide bonds. The minimum absolute atomic E-state index is 0.0867. The molecule has 1 aliphatic heterocycles. The van der Waals surface area contributed by atoms with Gasteiger partial charge in [-0.15, -0.1) is 0 Å². The summed E-state index contributed by atoms with van der Waals surface area (Å²) < 4.78 is 0. The summed E-state index contributed by atoms with van der Waals surface area (Å²) in [4.78, 5) is 13.2. The van der Waals surface area contributed by atoms with E-state index in [-0.39, 0.29) is 5.78 Å². The molecule has 1 saturated heterocycles. The summed E-state index contributed by atoms with van der Waals surface area (Å²) in [6, 6.07) is 8.39. The van der Waals surface area contributed by atoms with Crippen molar-refractivity contribution >= 4 is 17.5 Å². The van der Waals surface area contributed by atoms with Crippen molar-refractivity contribution in [2.24, 2.45) is 0 Å². The number of anilines is 1. The number of ketones is 1. The number of hydrogen-bond acceptors (Lipinski definition) is 2. The fraction of sp³-hybridized carbons (Fsp3) is 0.357. The van der Waals surface area contributed by atoms with Crippen LogP contribution in [0.1, 0.15) is 25.3 Å². The van der Waals surface area contributed by atoms with Crippen molar-refractivity contribution in [2.75, 3.05) is 18.0 Å². The Morgan fingerprint density at radius 2 is 1.81 bits per heavy atom. The zero-order chi connectivity index (χ0) is 11.4. The summed E-state index contributed by atoms with van der Waals surface area (Å²) in [6.07, 6.45) is 6.05. The predicted octanol–water partition coefficient (Wildman–Crippen LogP) is 2.89. The molecule has 0 radical (unpaired) electrons. The van der Waals surface area contributed by atoms with Crippen LogP contribution in [0.5, 0.6) is 0 Å². The van der Waals surface area contributed by atoms with Gasteiger partial charge in [-0.25, -0.2) is 0 Å². The minimum Gasteiger partial charge on any atom is -0.372 e. The van der Waals surface area contributed by atoms with Crippen LogP contribution in [-0.2, 0) is 4.79 Å². The predicted molar refractivity (Wildman–Crippen MR) is 67.6 cm³/mol. The van der Waals surface area contributed by atoms with E-state index >= 15 is 0 Å². The van der Waals surface area contributed by atoms with Crippen LogP contribution in [0.2, 0.25) is 0 Å². The van der Waals surface area contributed by atoms with Gasteiger partial charge in [0.05, 0.1) is 0 Å². The van der Waals surface area contributed by atoms with E-state index in [1.54, 1.807) is 13.0 Å². The fourth-order valence-electron chi connectivity index (χ4n) is 1.99. The molecule has 1 aromatic carbocycles. The molecule has 0 unspecified atom stereocenters. The molecule has 0 saturated carbocycles. The third-order valence-electron chi connectivity index (χ3n) is 2.87. The van der Waals surface area contributed by atoms with Gasteiger partial charge in [-0.3, -0.25) is 4.79 Å². The van der Waals surface area contributed by atoms with Crippen LogP contribution in [0.4, 0.5) is 5.69 Å². The Balaban J connectivity index is 2.06. The topological polar surface area (TPSA) is 20.3 Å². The number of hydrogen-bond donors (Lipinski definition) is 0. The van der Waals surface area contributed by atoms with E-state index in [1.807, 2.05) is 6.08 Å². The number of benzene rings is 1. The molecule has 1 aromatic rings. The average Bonchev–Trinajstić information content (AvgIpc) is 2.80. The Morgan fingerprint density at radius 3 is 2.38 bits per heavy atom. The third kappa shape index (κ3) is 2.72. The van der Waals surface area contributed by atoms with Gasteiger partial charge in [0, 0.05) is 18.8 Å². The van der Waals surface area contributed by atoms with E-state index < -0.39 is 0 Å². The molecule has 0 aromatic heterocycles. The van der Waals surface area contributed by atoms with Crippen molar-refractivity contribution in [3.05, 3.63) is 35.9 Å². The van der Waals surface area contributed by atoms with Gasteiger partial charge < -0.3 is 4.90 Å². The lowest BCUT2D eigenvalue weighted by Gasteiger charge is -2.17. The summed E-state index contributed by atoms with van der Waals surface area (Å²) in [5.41, 5.74) is 2.37. The van der Waals surface area contributed by atoms with Gasteiger partial charge in [-0.05, 0) is 43.5 Å². The number of nitrogens with zero attached hydrogens (tertiary/aromatic N) is 1. The van der Waals surface area contributed by atoms with Gasteiger partial charge in [0.15, 0.2) is 5.78 Å². The molecular weight excluding hydrogens is 198 g/mol. The van der Waals surface area contributed by atoms with E-state index in [2.05, 4.69) is 29.2 Å². The first kappa shape index (κ1) is 10.9. The molecule has 0 aliphatic carbocycles. The van der Waals surface area contributed by atoms with Crippen molar-refractivity contribution in [3.8, 4) is 0 Å². The van der Waals surface area contributed by atoms with Crippen molar-refractivity contribution in [1.82, 2.24) is 0 Å². The Bertz CT molecular complexity index is 386. The van der Waals surface area contributed by atoms with Crippen LogP contribution in [0.3, 0.4) is 0 Å². The Hall–Kier alpha value is -1.57. The Morgan fingerprint density at radius 1 is 1.19 bits per heavy atom. The summed E-state index contributed by atoms with van der Waals surface area (Å²) in [5, 5.41) is 0. The average molecular weight is 215 g/mol. The molecule has 2 nitrogen and oxygen atoms in total. The van der Waals surface area contributed by atoms with Gasteiger partial charge in [0.2, 0.25) is 0 Å². The quantitative estimate of drug-likeness (QED) is 0.723. The highest BCUT2D eigenvalue weighted by Gasteiger charge is 2.11. The largest absolute Gasteiger partial charge is 0.372 e. The fourth-order valence-corrected chi connectivity index (χ4v) is 1.99. The SMILES string of the molecule is CC(=O)C=Cc1ccc(N2CCCC2)cc1. The first-order chi connectivity index (χ1) is 7.75. The normalized spacial score (nSPS) is 15.9. The van der Waals surface area contributed by atoms with Gasteiger partial charge in [0.1, 0.15) is 0 Å². The maximum absolute atomic E-state index is 10.8. The van der Waals surface area contributed by atoms with Gasteiger partial charge in [0.25, 0.3) is 0 Å². The zero-order valence-corrected chi connectivity index (χ0v) is 9.65. The van der Waals surface area contributed by atoms with Gasteiger partial charge in [-0.2, -0.15) is 0 Å². The lowest BCUT2D eigenvalue weighted by molar-refractivity contribution is -0.112. The molecule has 0 atom stereocenters. The van der Waals surface area contributed by atoms with E-state index in [4.69, 9.17) is 0 Å². The lowest BCUT2D eigenvalue weighted by atomic mass is 10.1. The Labute approximate surface area is 96.6 Å². The highest BCUT2D eigenvalue weighted by molar-refractivity contribution is 5.91.